The Morgan fingerprint density at radius 3 is 1.55 bits per heavy atom. The van der Waals surface area contributed by atoms with Crippen LogP contribution in [0.15, 0.2) is 146 Å². The van der Waals surface area contributed by atoms with Gasteiger partial charge in [-0.1, -0.05) is 60.7 Å². The summed E-state index contributed by atoms with van der Waals surface area (Å²) in [5.41, 5.74) is 7.12. The van der Waals surface area contributed by atoms with Crippen molar-refractivity contribution in [2.45, 2.75) is 13.1 Å². The summed E-state index contributed by atoms with van der Waals surface area (Å²) in [7, 11) is 4.71. The van der Waals surface area contributed by atoms with E-state index in [2.05, 4.69) is 88.5 Å². The maximum absolute atomic E-state index is 5.81. The lowest BCUT2D eigenvalue weighted by Crippen LogP contribution is -2.02. The molecule has 4 heterocycles. The van der Waals surface area contributed by atoms with E-state index in [1.54, 1.807) is 51.9 Å². The van der Waals surface area contributed by atoms with Crippen LogP contribution in [-0.2, 0) is 13.1 Å². The molecule has 15 heteroatoms. The number of ether oxygens (including phenoxy) is 3. The van der Waals surface area contributed by atoms with E-state index in [4.69, 9.17) is 25.8 Å². The monoisotopic (exact) mass is 817 g/mol. The van der Waals surface area contributed by atoms with Crippen LogP contribution >= 0.6 is 11.6 Å². The molecule has 0 radical (unpaired) electrons. The molecule has 0 spiro atoms. The number of benzene rings is 5. The third kappa shape index (κ3) is 9.35. The second kappa shape index (κ2) is 18.3. The van der Waals surface area contributed by atoms with Gasteiger partial charge in [-0.05, 0) is 71.3 Å². The van der Waals surface area contributed by atoms with Crippen LogP contribution in [-0.4, -0.2) is 60.8 Å². The summed E-state index contributed by atoms with van der Waals surface area (Å²) in [4.78, 5) is 16.9. The fourth-order valence-corrected chi connectivity index (χ4v) is 6.71. The summed E-state index contributed by atoms with van der Waals surface area (Å²) >= 11 is 5.81. The average Bonchev–Trinajstić information content (AvgIpc) is 3.87. The fourth-order valence-electron chi connectivity index (χ4n) is 6.57. The lowest BCUT2D eigenvalue weighted by Gasteiger charge is -2.15. The normalized spacial score (nSPS) is 10.8. The van der Waals surface area contributed by atoms with Gasteiger partial charge >= 0.3 is 0 Å². The van der Waals surface area contributed by atoms with Gasteiger partial charge < -0.3 is 30.2 Å². The number of rotatable bonds is 13. The van der Waals surface area contributed by atoms with Crippen molar-refractivity contribution >= 4 is 68.1 Å². The molecule has 3 N–H and O–H groups in total. The number of hydrogen-bond donors (Lipinski definition) is 3. The molecule has 0 bridgehead atoms. The Balaban J connectivity index is 0.000000180. The summed E-state index contributed by atoms with van der Waals surface area (Å²) in [6, 6.07) is 40.0. The summed E-state index contributed by atoms with van der Waals surface area (Å²) in [6.45, 7) is 1.47. The molecule has 0 atom stereocenters. The number of anilines is 6. The van der Waals surface area contributed by atoms with Crippen molar-refractivity contribution in [3.05, 3.63) is 163 Å². The van der Waals surface area contributed by atoms with E-state index < -0.39 is 0 Å². The molecule has 9 rings (SSSR count). The third-order valence-electron chi connectivity index (χ3n) is 9.38. The van der Waals surface area contributed by atoms with Gasteiger partial charge in [-0.15, -0.1) is 0 Å². The second-order valence-corrected chi connectivity index (χ2v) is 13.7. The van der Waals surface area contributed by atoms with Gasteiger partial charge in [0.05, 0.1) is 57.8 Å². The first-order valence-electron chi connectivity index (χ1n) is 18.9. The zero-order valence-corrected chi connectivity index (χ0v) is 33.7. The minimum atomic E-state index is 0.219. The lowest BCUT2D eigenvalue weighted by atomic mass is 10.2. The molecule has 0 unspecified atom stereocenters. The standard InChI is InChI=1S/C27H26N6O3.C18H14ClN5/c1-34-23-14-21(15-24(35-2)26(23)36-3)31-27-28-12-11-25(32-27)30-20-9-10-22-19(13-20)16-29-33(22)17-18-7-5-4-6-8-18;19-18-20-9-8-17(23-18)22-15-6-7-16-14(10-15)11-21-24(16)12-13-4-2-1-3-5-13/h4-16H,17H2,1-3H3,(H2,28,30,31,32);1-11H,12H2,(H,20,22,23). The zero-order valence-electron chi connectivity index (χ0n) is 33.0. The van der Waals surface area contributed by atoms with Crippen molar-refractivity contribution in [3.8, 4) is 17.2 Å². The molecule has 4 aromatic heterocycles. The highest BCUT2D eigenvalue weighted by atomic mass is 35.5. The largest absolute Gasteiger partial charge is 0.493 e. The van der Waals surface area contributed by atoms with E-state index in [0.29, 0.717) is 40.5 Å². The first-order valence-corrected chi connectivity index (χ1v) is 19.2. The van der Waals surface area contributed by atoms with Crippen molar-refractivity contribution in [3.63, 3.8) is 0 Å². The minimum Gasteiger partial charge on any atom is -0.493 e. The Hall–Kier alpha value is -7.71. The molecule has 0 aliphatic heterocycles. The molecule has 0 aliphatic carbocycles. The van der Waals surface area contributed by atoms with Crippen molar-refractivity contribution in [1.82, 2.24) is 39.5 Å². The minimum absolute atomic E-state index is 0.219. The molecule has 300 valence electrons. The molecule has 0 amide bonds. The van der Waals surface area contributed by atoms with Gasteiger partial charge in [-0.2, -0.15) is 15.2 Å². The molecule has 0 aliphatic rings. The van der Waals surface area contributed by atoms with Gasteiger partial charge in [-0.3, -0.25) is 9.36 Å². The number of methoxy groups -OCH3 is 3. The van der Waals surface area contributed by atoms with E-state index in [1.807, 2.05) is 82.4 Å². The maximum Gasteiger partial charge on any atom is 0.229 e. The highest BCUT2D eigenvalue weighted by molar-refractivity contribution is 6.28. The Bertz CT molecular complexity index is 2830. The number of halogens is 1. The molecule has 0 saturated heterocycles. The van der Waals surface area contributed by atoms with Crippen molar-refractivity contribution in [1.29, 1.82) is 0 Å². The van der Waals surface area contributed by atoms with Gasteiger partial charge in [0.1, 0.15) is 11.6 Å². The Morgan fingerprint density at radius 1 is 0.533 bits per heavy atom. The van der Waals surface area contributed by atoms with Crippen LogP contribution in [0, 0.1) is 0 Å². The second-order valence-electron chi connectivity index (χ2n) is 13.4. The van der Waals surface area contributed by atoms with E-state index in [0.717, 1.165) is 46.3 Å². The first kappa shape index (κ1) is 39.1. The molecule has 5 aromatic carbocycles. The van der Waals surface area contributed by atoms with Crippen LogP contribution in [0.25, 0.3) is 21.8 Å². The van der Waals surface area contributed by atoms with Gasteiger partial charge in [0.25, 0.3) is 0 Å². The van der Waals surface area contributed by atoms with Crippen LogP contribution in [0.4, 0.5) is 34.6 Å². The summed E-state index contributed by atoms with van der Waals surface area (Å²) < 4.78 is 20.2. The van der Waals surface area contributed by atoms with Gasteiger partial charge in [0.2, 0.25) is 17.0 Å². The Labute approximate surface area is 350 Å². The van der Waals surface area contributed by atoms with Crippen LogP contribution in [0.1, 0.15) is 11.1 Å². The quantitative estimate of drug-likeness (QED) is 0.0951. The van der Waals surface area contributed by atoms with Crippen LogP contribution in [0.5, 0.6) is 17.2 Å². The summed E-state index contributed by atoms with van der Waals surface area (Å²) in [6.07, 6.45) is 7.05. The lowest BCUT2D eigenvalue weighted by molar-refractivity contribution is 0.324. The van der Waals surface area contributed by atoms with E-state index >= 15 is 0 Å². The molecule has 60 heavy (non-hydrogen) atoms. The summed E-state index contributed by atoms with van der Waals surface area (Å²) in [5.74, 6) is 3.32. The van der Waals surface area contributed by atoms with Crippen LogP contribution in [0.2, 0.25) is 5.28 Å². The summed E-state index contributed by atoms with van der Waals surface area (Å²) in [5, 5.41) is 21.2. The number of fused-ring (bicyclic) bond motifs is 2. The SMILES string of the molecule is COc1cc(Nc2nccc(Nc3ccc4c(cnn4Cc4ccccc4)c3)n2)cc(OC)c1OC.Clc1nccc(Nc2ccc3c(cnn3Cc3ccccc3)c2)n1. The van der Waals surface area contributed by atoms with E-state index in [9.17, 15) is 0 Å². The van der Waals surface area contributed by atoms with Crippen molar-refractivity contribution in [2.24, 2.45) is 0 Å². The number of hydrogen-bond acceptors (Lipinski definition) is 12. The highest BCUT2D eigenvalue weighted by Gasteiger charge is 2.14. The van der Waals surface area contributed by atoms with Crippen molar-refractivity contribution < 1.29 is 14.2 Å². The zero-order chi connectivity index (χ0) is 41.3. The fraction of sp³-hybridized carbons (Fsp3) is 0.111. The third-order valence-corrected chi connectivity index (χ3v) is 9.56. The number of aromatic nitrogens is 8. The van der Waals surface area contributed by atoms with Crippen molar-refractivity contribution in [2.75, 3.05) is 37.3 Å². The first-order chi connectivity index (χ1) is 29.4. The van der Waals surface area contributed by atoms with Crippen LogP contribution < -0.4 is 30.2 Å². The molecule has 0 fully saturated rings. The number of nitrogens with one attached hydrogen (secondary N) is 3. The van der Waals surface area contributed by atoms with E-state index in [1.165, 1.54) is 11.1 Å². The molecule has 14 nitrogen and oxygen atoms in total. The predicted molar refractivity (Wildman–Crippen MR) is 236 cm³/mol. The predicted octanol–water partition coefficient (Wildman–Crippen LogP) is 9.66. The smallest absolute Gasteiger partial charge is 0.229 e. The van der Waals surface area contributed by atoms with Crippen LogP contribution in [0.3, 0.4) is 0 Å². The molecular formula is C45H40ClN11O3. The molecule has 0 saturated carbocycles. The number of nitrogens with zero attached hydrogens (tertiary/aromatic N) is 8. The van der Waals surface area contributed by atoms with Gasteiger partial charge in [0.15, 0.2) is 11.5 Å². The highest BCUT2D eigenvalue weighted by Crippen LogP contribution is 2.40. The maximum atomic E-state index is 5.81. The van der Waals surface area contributed by atoms with Gasteiger partial charge in [0, 0.05) is 52.4 Å². The Morgan fingerprint density at radius 2 is 1.05 bits per heavy atom. The topological polar surface area (TPSA) is 151 Å². The van der Waals surface area contributed by atoms with Gasteiger partial charge in [-0.25, -0.2) is 15.0 Å². The molecular weight excluding hydrogens is 778 g/mol. The average molecular weight is 818 g/mol. The Kier molecular flexibility index (Phi) is 11.9. The van der Waals surface area contributed by atoms with E-state index in [-0.39, 0.29) is 5.28 Å². The molecule has 9 aromatic rings.